The van der Waals surface area contributed by atoms with Gasteiger partial charge in [-0.3, -0.25) is 9.97 Å². The molecule has 18 N–H and O–H groups in total. The molecular weight excluding hydrogens is 1070 g/mol. The van der Waals surface area contributed by atoms with E-state index in [-0.39, 0.29) is 13.1 Å². The molecule has 4 aliphatic heterocycles. The Morgan fingerprint density at radius 2 is 0.887 bits per heavy atom. The molecule has 24 atom stereocenters. The molecule has 28 nitrogen and oxygen atoms in total. The molecular formula is C52H69N3O25. The van der Waals surface area contributed by atoms with Crippen molar-refractivity contribution in [2.45, 2.75) is 161 Å². The molecule has 4 fully saturated rings. The number of aliphatic hydroxyl groups is 17. The molecule has 4 aliphatic rings. The summed E-state index contributed by atoms with van der Waals surface area (Å²) in [7, 11) is 0. The van der Waals surface area contributed by atoms with Crippen LogP contribution in [-0.2, 0) is 44.4 Å². The third-order valence-electron chi connectivity index (χ3n) is 14.0. The number of pyridine rings is 2. The van der Waals surface area contributed by atoms with Gasteiger partial charge in [-0.15, -0.1) is 0 Å². The van der Waals surface area contributed by atoms with Gasteiger partial charge in [0.25, 0.3) is 0 Å². The van der Waals surface area contributed by atoms with Crippen molar-refractivity contribution in [2.24, 2.45) is 0 Å². The first-order valence-corrected chi connectivity index (χ1v) is 25.5. The summed E-state index contributed by atoms with van der Waals surface area (Å²) in [6.45, 7) is -3.18. The molecule has 0 unspecified atom stereocenters. The number of aliphatic hydroxyl groups excluding tert-OH is 17. The number of ether oxygens (including phenoxy) is 8. The Bertz CT molecular complexity index is 2440. The van der Waals surface area contributed by atoms with E-state index in [4.69, 9.17) is 37.9 Å². The van der Waals surface area contributed by atoms with Crippen LogP contribution in [0.15, 0.2) is 61.2 Å². The first-order valence-electron chi connectivity index (χ1n) is 25.5. The second kappa shape index (κ2) is 29.2. The van der Waals surface area contributed by atoms with Crippen LogP contribution in [0.1, 0.15) is 33.4 Å². The van der Waals surface area contributed by atoms with Gasteiger partial charge in [0.1, 0.15) is 116 Å². The molecule has 0 bridgehead atoms. The molecule has 80 heavy (non-hydrogen) atoms. The van der Waals surface area contributed by atoms with E-state index >= 15 is 0 Å². The molecule has 6 heterocycles. The van der Waals surface area contributed by atoms with Crippen LogP contribution in [0, 0.1) is 30.6 Å². The predicted molar refractivity (Wildman–Crippen MR) is 265 cm³/mol. The largest absolute Gasteiger partial charge is 0.394 e. The minimum Gasteiger partial charge on any atom is -0.394 e. The average molecular weight is 1140 g/mol. The first kappa shape index (κ1) is 63.2. The maximum atomic E-state index is 11.4. The second-order valence-electron chi connectivity index (χ2n) is 19.4. The molecule has 0 saturated carbocycles. The third-order valence-corrected chi connectivity index (χ3v) is 14.0. The number of nitrogens with zero attached hydrogens (tertiary/aromatic N) is 2. The molecule has 7 rings (SSSR count). The molecule has 3 aromatic rings. The Hall–Kier alpha value is -4.40. The average Bonchev–Trinajstić information content (AvgIpc) is 3.57. The van der Waals surface area contributed by atoms with E-state index in [2.05, 4.69) is 39.0 Å². The zero-order valence-corrected chi connectivity index (χ0v) is 42.8. The van der Waals surface area contributed by atoms with E-state index in [0.717, 1.165) is 16.7 Å². The minimum atomic E-state index is -2.16. The van der Waals surface area contributed by atoms with E-state index in [1.54, 1.807) is 49.1 Å². The molecule has 0 radical (unpaired) electrons. The Balaban J connectivity index is 0.964. The van der Waals surface area contributed by atoms with Crippen LogP contribution < -0.4 is 5.32 Å². The van der Waals surface area contributed by atoms with E-state index in [9.17, 15) is 86.8 Å². The molecule has 1 aromatic carbocycles. The van der Waals surface area contributed by atoms with Crippen LogP contribution in [0.4, 0.5) is 0 Å². The molecule has 0 aliphatic carbocycles. The summed E-state index contributed by atoms with van der Waals surface area (Å²) in [6, 6.07) is 10.7. The second-order valence-corrected chi connectivity index (χ2v) is 19.4. The van der Waals surface area contributed by atoms with Crippen LogP contribution in [0.25, 0.3) is 0 Å². The fraction of sp³-hybridized carbons (Fsp3) is 0.615. The highest BCUT2D eigenvalue weighted by Crippen LogP contribution is 2.35. The number of aromatic nitrogens is 2. The molecule has 442 valence electrons. The summed E-state index contributed by atoms with van der Waals surface area (Å²) in [5.41, 5.74) is 4.26. The summed E-state index contributed by atoms with van der Waals surface area (Å²) < 4.78 is 44.9. The molecule has 28 heteroatoms. The van der Waals surface area contributed by atoms with Gasteiger partial charge in [-0.25, -0.2) is 0 Å². The summed E-state index contributed by atoms with van der Waals surface area (Å²) in [5.74, 6) is 12.6. The highest BCUT2D eigenvalue weighted by Gasteiger charge is 2.56. The lowest BCUT2D eigenvalue weighted by Crippen LogP contribution is -2.67. The van der Waals surface area contributed by atoms with Crippen LogP contribution in [0.3, 0.4) is 0 Å². The zero-order valence-electron chi connectivity index (χ0n) is 42.8. The molecule has 4 saturated heterocycles. The van der Waals surface area contributed by atoms with Crippen molar-refractivity contribution in [3.05, 3.63) is 94.6 Å². The van der Waals surface area contributed by atoms with Crippen LogP contribution in [0.5, 0.6) is 0 Å². The van der Waals surface area contributed by atoms with Gasteiger partial charge < -0.3 is 130 Å². The fourth-order valence-corrected chi connectivity index (χ4v) is 9.29. The smallest absolute Gasteiger partial charge is 0.187 e. The number of rotatable bonds is 20. The van der Waals surface area contributed by atoms with Crippen LogP contribution in [-0.4, -0.2) is 284 Å². The lowest BCUT2D eigenvalue weighted by atomic mass is 9.95. The summed E-state index contributed by atoms with van der Waals surface area (Å²) in [5, 5.41) is 185. The maximum Gasteiger partial charge on any atom is 0.187 e. The van der Waals surface area contributed by atoms with E-state index in [0.29, 0.717) is 16.7 Å². The van der Waals surface area contributed by atoms with Crippen molar-refractivity contribution in [1.82, 2.24) is 15.3 Å². The van der Waals surface area contributed by atoms with Crippen molar-refractivity contribution in [2.75, 3.05) is 39.6 Å². The van der Waals surface area contributed by atoms with Gasteiger partial charge in [0.05, 0.1) is 39.1 Å². The quantitative estimate of drug-likeness (QED) is 0.0467. The van der Waals surface area contributed by atoms with Gasteiger partial charge in [0.15, 0.2) is 25.2 Å². The fourth-order valence-electron chi connectivity index (χ4n) is 9.29. The maximum absolute atomic E-state index is 11.4. The van der Waals surface area contributed by atoms with Gasteiger partial charge in [-0.2, -0.15) is 0 Å². The summed E-state index contributed by atoms with van der Waals surface area (Å²) in [6.07, 6.45) is -39.0. The highest BCUT2D eigenvalue weighted by molar-refractivity contribution is 5.56. The number of hydrogen-bond acceptors (Lipinski definition) is 28. The van der Waals surface area contributed by atoms with Crippen molar-refractivity contribution >= 4 is 0 Å². The first-order chi connectivity index (χ1) is 38.3. The van der Waals surface area contributed by atoms with Gasteiger partial charge in [-0.05, 0) is 54.4 Å². The van der Waals surface area contributed by atoms with Crippen molar-refractivity contribution in [1.29, 1.82) is 0 Å². The third kappa shape index (κ3) is 14.9. The van der Waals surface area contributed by atoms with Crippen molar-refractivity contribution < 1.29 is 125 Å². The lowest BCUT2D eigenvalue weighted by molar-refractivity contribution is -0.390. The predicted octanol–water partition coefficient (Wildman–Crippen LogP) is -8.59. The summed E-state index contributed by atoms with van der Waals surface area (Å²) in [4.78, 5) is 8.04. The zero-order chi connectivity index (χ0) is 57.9. The molecule has 2 aromatic heterocycles. The Morgan fingerprint density at radius 1 is 0.500 bits per heavy atom. The lowest BCUT2D eigenvalue weighted by Gasteiger charge is -2.49. The Morgan fingerprint density at radius 3 is 1.30 bits per heavy atom. The normalized spacial score (nSPS) is 36.1. The van der Waals surface area contributed by atoms with E-state index in [1.165, 1.54) is 0 Å². The van der Waals surface area contributed by atoms with E-state index < -0.39 is 180 Å². The van der Waals surface area contributed by atoms with Gasteiger partial charge in [0, 0.05) is 60.1 Å². The SMILES string of the molecule is Cc1c(C#Cc2ccncc2)cc(CNC[C@H](O)[C@@H](O)[C@H](O[C@H]2O[C@H](CO)[C@@H](O[C@H]3O[C@H](CO)[C@@H](O[C@H]4O[C@H](CO)[C@@H](O[C@H]5O[C@H](CO)[C@@H](O)[C@H](O)[C@H]5O)[C@H](O)[C@H]4O)[C@H](O)[C@H]3O)[C@H](O)[C@H]2O)[C@H](O)CO)cc1C#Cc1ccncc1. The monoisotopic (exact) mass is 1140 g/mol. The standard InChI is InChI=1S/C52H69N3O25/c1-23-27(4-2-24-6-10-53-11-7-24)14-26(15-28(23)5-3-25-8-12-54-13-9-25)16-55-17-29(61)35(63)45(30(62)18-56)77-50-42(70)38(66)47(32(20-58)74-50)79-52-44(72)40(68)48(34(22-60)76-52)80-51-43(71)39(67)46(33(21-59)75-51)78-49-41(69)37(65)36(64)31(19-57)73-49/h6-15,29-52,55-72H,16-22H2,1H3/t29-,30+,31+,32+,33+,34+,35+,36+,37-,38+,39+,40+,41+,42+,43+,44+,45+,46+,47+,48+,49+,50+,51+,52+/m0/s1. The topological polar surface area (TPSA) is 456 Å². The van der Waals surface area contributed by atoms with Crippen molar-refractivity contribution in [3.63, 3.8) is 0 Å². The number of nitrogens with one attached hydrogen (secondary N) is 1. The van der Waals surface area contributed by atoms with Gasteiger partial charge in [0.2, 0.25) is 0 Å². The Kier molecular flexibility index (Phi) is 23.1. The van der Waals surface area contributed by atoms with Crippen LogP contribution in [0.2, 0.25) is 0 Å². The Labute approximate surface area is 457 Å². The van der Waals surface area contributed by atoms with Crippen LogP contribution >= 0.6 is 0 Å². The molecule has 0 amide bonds. The van der Waals surface area contributed by atoms with Crippen molar-refractivity contribution in [3.8, 4) is 23.7 Å². The minimum absolute atomic E-state index is 0.105. The highest BCUT2D eigenvalue weighted by atomic mass is 16.8. The number of hydrogen-bond donors (Lipinski definition) is 18. The van der Waals surface area contributed by atoms with Gasteiger partial charge >= 0.3 is 0 Å². The molecule has 0 spiro atoms. The van der Waals surface area contributed by atoms with E-state index in [1.807, 2.05) is 19.1 Å². The summed E-state index contributed by atoms with van der Waals surface area (Å²) >= 11 is 0. The number of benzene rings is 1. The van der Waals surface area contributed by atoms with Gasteiger partial charge in [-0.1, -0.05) is 23.7 Å².